The van der Waals surface area contributed by atoms with Gasteiger partial charge in [0.15, 0.2) is 0 Å². The van der Waals surface area contributed by atoms with Crippen LogP contribution in [0.3, 0.4) is 0 Å². The summed E-state index contributed by atoms with van der Waals surface area (Å²) >= 11 is 0. The Bertz CT molecular complexity index is 407. The summed E-state index contributed by atoms with van der Waals surface area (Å²) in [5.74, 6) is -0.903. The molecule has 1 N–H and O–H groups in total. The number of fused-ring (bicyclic) bond motifs is 1. The third-order valence-electron chi connectivity index (χ3n) is 3.10. The quantitative estimate of drug-likeness (QED) is 0.715. The maximum absolute atomic E-state index is 13.6. The number of nitrogens with one attached hydrogen (secondary N) is 1. The van der Waals surface area contributed by atoms with Crippen LogP contribution in [0.15, 0.2) is 12.1 Å². The first kappa shape index (κ1) is 11.5. The largest absolute Gasteiger partial charge is 0.309 e. The standard InChI is InChI=1S/C13H17F2N/c1-13(2,3)12-10-6-8(14)7-11(15)9(10)4-5-16-12/h6-7,12,16H,4-5H2,1-3H3. The smallest absolute Gasteiger partial charge is 0.129 e. The zero-order chi connectivity index (χ0) is 11.9. The van der Waals surface area contributed by atoms with Gasteiger partial charge in [0.05, 0.1) is 0 Å². The van der Waals surface area contributed by atoms with Crippen molar-refractivity contribution in [1.82, 2.24) is 5.32 Å². The minimum absolute atomic E-state index is 0.0152. The molecule has 2 rings (SSSR count). The van der Waals surface area contributed by atoms with E-state index in [1.165, 1.54) is 6.07 Å². The third-order valence-corrected chi connectivity index (χ3v) is 3.10. The van der Waals surface area contributed by atoms with Crippen molar-refractivity contribution >= 4 is 0 Å². The molecule has 1 atom stereocenters. The lowest BCUT2D eigenvalue weighted by atomic mass is 9.78. The van der Waals surface area contributed by atoms with E-state index in [2.05, 4.69) is 26.1 Å². The zero-order valence-corrected chi connectivity index (χ0v) is 9.90. The molecule has 0 radical (unpaired) electrons. The highest BCUT2D eigenvalue weighted by atomic mass is 19.1. The lowest BCUT2D eigenvalue weighted by Crippen LogP contribution is -2.38. The summed E-state index contributed by atoms with van der Waals surface area (Å²) in [7, 11) is 0. The van der Waals surface area contributed by atoms with E-state index >= 15 is 0 Å². The summed E-state index contributed by atoms with van der Waals surface area (Å²) in [6.07, 6.45) is 0.633. The Balaban J connectivity index is 2.54. The molecule has 0 spiro atoms. The Morgan fingerprint density at radius 2 is 1.94 bits per heavy atom. The van der Waals surface area contributed by atoms with Gasteiger partial charge in [-0.2, -0.15) is 0 Å². The number of benzene rings is 1. The summed E-state index contributed by atoms with van der Waals surface area (Å²) in [5.41, 5.74) is 1.39. The first-order valence-corrected chi connectivity index (χ1v) is 5.61. The van der Waals surface area contributed by atoms with Gasteiger partial charge in [0.1, 0.15) is 11.6 Å². The van der Waals surface area contributed by atoms with Crippen molar-refractivity contribution < 1.29 is 8.78 Å². The first-order chi connectivity index (χ1) is 7.39. The molecule has 1 aromatic carbocycles. The van der Waals surface area contributed by atoms with E-state index in [1.54, 1.807) is 0 Å². The molecule has 0 saturated heterocycles. The lowest BCUT2D eigenvalue weighted by Gasteiger charge is -2.36. The molecule has 0 aromatic heterocycles. The summed E-state index contributed by atoms with van der Waals surface area (Å²) < 4.78 is 26.9. The molecule has 1 aromatic rings. The molecule has 16 heavy (non-hydrogen) atoms. The summed E-state index contributed by atoms with van der Waals surface area (Å²) in [6, 6.07) is 2.45. The molecule has 1 nitrogen and oxygen atoms in total. The van der Waals surface area contributed by atoms with Crippen molar-refractivity contribution in [1.29, 1.82) is 0 Å². The highest BCUT2D eigenvalue weighted by Gasteiger charge is 2.31. The molecule has 1 aliphatic heterocycles. The Morgan fingerprint density at radius 3 is 2.56 bits per heavy atom. The van der Waals surface area contributed by atoms with Crippen LogP contribution in [-0.4, -0.2) is 6.54 Å². The van der Waals surface area contributed by atoms with E-state index in [1.807, 2.05) is 0 Å². The van der Waals surface area contributed by atoms with Crippen molar-refractivity contribution in [2.45, 2.75) is 33.2 Å². The van der Waals surface area contributed by atoms with Crippen molar-refractivity contribution in [2.75, 3.05) is 6.54 Å². The zero-order valence-electron chi connectivity index (χ0n) is 9.90. The van der Waals surface area contributed by atoms with Crippen LogP contribution in [0.2, 0.25) is 0 Å². The average Bonchev–Trinajstić information content (AvgIpc) is 2.15. The summed E-state index contributed by atoms with van der Waals surface area (Å²) in [4.78, 5) is 0. The molecular formula is C13H17F2N. The van der Waals surface area contributed by atoms with Gasteiger partial charge in [-0.25, -0.2) is 8.78 Å². The maximum atomic E-state index is 13.6. The van der Waals surface area contributed by atoms with E-state index < -0.39 is 11.6 Å². The van der Waals surface area contributed by atoms with Crippen LogP contribution in [0.25, 0.3) is 0 Å². The Hall–Kier alpha value is -0.960. The topological polar surface area (TPSA) is 12.0 Å². The van der Waals surface area contributed by atoms with Crippen LogP contribution in [0.4, 0.5) is 8.78 Å². The van der Waals surface area contributed by atoms with Gasteiger partial charge in [0, 0.05) is 12.1 Å². The lowest BCUT2D eigenvalue weighted by molar-refractivity contribution is 0.261. The fourth-order valence-corrected chi connectivity index (χ4v) is 2.37. The van der Waals surface area contributed by atoms with Crippen LogP contribution in [0.1, 0.15) is 37.9 Å². The van der Waals surface area contributed by atoms with Crippen molar-refractivity contribution in [3.63, 3.8) is 0 Å². The normalized spacial score (nSPS) is 20.7. The molecule has 0 saturated carbocycles. The molecule has 0 fully saturated rings. The van der Waals surface area contributed by atoms with E-state index in [9.17, 15) is 8.78 Å². The first-order valence-electron chi connectivity index (χ1n) is 5.61. The van der Waals surface area contributed by atoms with Crippen LogP contribution >= 0.6 is 0 Å². The Kier molecular flexibility index (Phi) is 2.74. The van der Waals surface area contributed by atoms with Gasteiger partial charge in [0.2, 0.25) is 0 Å². The maximum Gasteiger partial charge on any atom is 0.129 e. The second-order valence-electron chi connectivity index (χ2n) is 5.46. The third kappa shape index (κ3) is 1.96. The van der Waals surface area contributed by atoms with Gasteiger partial charge in [-0.1, -0.05) is 20.8 Å². The second-order valence-corrected chi connectivity index (χ2v) is 5.46. The SMILES string of the molecule is CC(C)(C)C1NCCc2c(F)cc(F)cc21. The van der Waals surface area contributed by atoms with Crippen molar-refractivity contribution in [3.8, 4) is 0 Å². The van der Waals surface area contributed by atoms with Gasteiger partial charge < -0.3 is 5.32 Å². The minimum atomic E-state index is -0.491. The highest BCUT2D eigenvalue weighted by Crippen LogP contribution is 2.37. The van der Waals surface area contributed by atoms with Crippen LogP contribution < -0.4 is 5.32 Å². The molecule has 0 amide bonds. The monoisotopic (exact) mass is 225 g/mol. The Morgan fingerprint density at radius 1 is 1.25 bits per heavy atom. The van der Waals surface area contributed by atoms with E-state index in [-0.39, 0.29) is 11.5 Å². The van der Waals surface area contributed by atoms with Crippen molar-refractivity contribution in [3.05, 3.63) is 34.9 Å². The molecule has 88 valence electrons. The van der Waals surface area contributed by atoms with Gasteiger partial charge in [-0.3, -0.25) is 0 Å². The Labute approximate surface area is 94.9 Å². The van der Waals surface area contributed by atoms with E-state index in [4.69, 9.17) is 0 Å². The molecule has 1 heterocycles. The summed E-state index contributed by atoms with van der Waals surface area (Å²) in [5, 5.41) is 3.34. The van der Waals surface area contributed by atoms with E-state index in [0.29, 0.717) is 12.0 Å². The van der Waals surface area contributed by atoms with Crippen LogP contribution in [0.5, 0.6) is 0 Å². The van der Waals surface area contributed by atoms with Gasteiger partial charge >= 0.3 is 0 Å². The molecule has 0 aliphatic carbocycles. The number of rotatable bonds is 0. The predicted octanol–water partition coefficient (Wildman–Crippen LogP) is 3.20. The molecule has 1 unspecified atom stereocenters. The fourth-order valence-electron chi connectivity index (χ4n) is 2.37. The summed E-state index contributed by atoms with van der Waals surface area (Å²) in [6.45, 7) is 6.96. The molecule has 3 heteroatoms. The fraction of sp³-hybridized carbons (Fsp3) is 0.538. The predicted molar refractivity (Wildman–Crippen MR) is 60.3 cm³/mol. The average molecular weight is 225 g/mol. The number of halogens is 2. The van der Waals surface area contributed by atoms with E-state index in [0.717, 1.165) is 18.2 Å². The van der Waals surface area contributed by atoms with Crippen LogP contribution in [0, 0.1) is 17.0 Å². The van der Waals surface area contributed by atoms with Crippen molar-refractivity contribution in [2.24, 2.45) is 5.41 Å². The number of hydrogen-bond acceptors (Lipinski definition) is 1. The minimum Gasteiger partial charge on any atom is -0.309 e. The molecular weight excluding hydrogens is 208 g/mol. The van der Waals surface area contributed by atoms with Gasteiger partial charge in [-0.15, -0.1) is 0 Å². The molecule has 1 aliphatic rings. The van der Waals surface area contributed by atoms with Crippen LogP contribution in [-0.2, 0) is 6.42 Å². The second kappa shape index (κ2) is 3.81. The number of hydrogen-bond donors (Lipinski definition) is 1. The van der Waals surface area contributed by atoms with Gasteiger partial charge in [0.25, 0.3) is 0 Å². The van der Waals surface area contributed by atoms with Gasteiger partial charge in [-0.05, 0) is 35.6 Å². The molecule has 0 bridgehead atoms. The highest BCUT2D eigenvalue weighted by molar-refractivity contribution is 5.35.